The highest BCUT2D eigenvalue weighted by molar-refractivity contribution is 5.82. The zero-order chi connectivity index (χ0) is 32.1. The molecule has 0 unspecified atom stereocenters. The van der Waals surface area contributed by atoms with E-state index in [1.807, 2.05) is 51.2 Å². The van der Waals surface area contributed by atoms with Crippen LogP contribution in [0.1, 0.15) is 66.2 Å². The maximum atomic E-state index is 12.9. The van der Waals surface area contributed by atoms with Crippen molar-refractivity contribution in [2.75, 3.05) is 13.2 Å². The highest BCUT2D eigenvalue weighted by atomic mass is 16.6. The van der Waals surface area contributed by atoms with Gasteiger partial charge >= 0.3 is 11.9 Å². The van der Waals surface area contributed by atoms with Crippen molar-refractivity contribution in [1.82, 2.24) is 0 Å². The van der Waals surface area contributed by atoms with Crippen LogP contribution in [0.3, 0.4) is 0 Å². The van der Waals surface area contributed by atoms with Gasteiger partial charge in [-0.25, -0.2) is 9.59 Å². The standard InChI is InChI=1S/C35H50O9/c1-5-41-34(40)28(37)17-12-13-18-31-35(4,23-36)32-22-27(43-31)16-9-6-8-14-24(2)20-30-25(3)29(38)21-26(42-30)15-10-7-11-19-33(39)44-32/h7-14,16,19-20,25-32,36-38H,5-6,15,17-18,21-23H2,1-4H3/b10-7+,13-12+,14-8+,16-9-,19-11+,24-20+/t25-,26+,27-,28-,29+,30-,31+,32-,35+/m1/s1. The molecule has 3 aliphatic rings. The lowest BCUT2D eigenvalue weighted by Crippen LogP contribution is -2.55. The molecule has 9 nitrogen and oxygen atoms in total. The Morgan fingerprint density at radius 2 is 1.95 bits per heavy atom. The van der Waals surface area contributed by atoms with Crippen LogP contribution < -0.4 is 0 Å². The summed E-state index contributed by atoms with van der Waals surface area (Å²) in [6.45, 7) is 7.46. The van der Waals surface area contributed by atoms with Crippen molar-refractivity contribution in [2.45, 2.75) is 109 Å². The molecule has 9 heteroatoms. The quantitative estimate of drug-likeness (QED) is 0.281. The van der Waals surface area contributed by atoms with Gasteiger partial charge in [-0.1, -0.05) is 80.2 Å². The largest absolute Gasteiger partial charge is 0.464 e. The number of allylic oxidation sites excluding steroid dienone is 6. The molecule has 4 bridgehead atoms. The van der Waals surface area contributed by atoms with Crippen molar-refractivity contribution in [1.29, 1.82) is 0 Å². The molecule has 9 atom stereocenters. The molecular weight excluding hydrogens is 564 g/mol. The monoisotopic (exact) mass is 614 g/mol. The van der Waals surface area contributed by atoms with Gasteiger partial charge in [-0.05, 0) is 33.1 Å². The molecule has 0 amide bonds. The molecule has 2 saturated heterocycles. The molecule has 0 aromatic carbocycles. The zero-order valence-corrected chi connectivity index (χ0v) is 26.4. The third-order valence-electron chi connectivity index (χ3n) is 8.58. The second kappa shape index (κ2) is 17.6. The van der Waals surface area contributed by atoms with Crippen molar-refractivity contribution in [2.24, 2.45) is 11.3 Å². The van der Waals surface area contributed by atoms with Gasteiger partial charge in [0.15, 0.2) is 6.10 Å². The normalized spacial score (nSPS) is 38.4. The maximum Gasteiger partial charge on any atom is 0.335 e. The minimum Gasteiger partial charge on any atom is -0.464 e. The van der Waals surface area contributed by atoms with Crippen molar-refractivity contribution in [3.63, 3.8) is 0 Å². The fraction of sp³-hybridized carbons (Fsp3) is 0.600. The minimum absolute atomic E-state index is 0.0163. The van der Waals surface area contributed by atoms with Crippen LogP contribution in [0.15, 0.2) is 72.4 Å². The van der Waals surface area contributed by atoms with Gasteiger partial charge in [-0.15, -0.1) is 0 Å². The summed E-state index contributed by atoms with van der Waals surface area (Å²) in [5, 5.41) is 31.1. The molecule has 0 radical (unpaired) electrons. The smallest absolute Gasteiger partial charge is 0.335 e. The Labute approximate surface area is 261 Å². The van der Waals surface area contributed by atoms with E-state index in [1.54, 1.807) is 31.2 Å². The van der Waals surface area contributed by atoms with Crippen LogP contribution in [0.2, 0.25) is 0 Å². The lowest BCUT2D eigenvalue weighted by Gasteiger charge is -2.47. The maximum absolute atomic E-state index is 12.9. The van der Waals surface area contributed by atoms with E-state index in [4.69, 9.17) is 18.9 Å². The fourth-order valence-corrected chi connectivity index (χ4v) is 5.67. The molecular formula is C35H50O9. The first-order chi connectivity index (χ1) is 21.1. The Bertz CT molecular complexity index is 1120. The number of esters is 2. The van der Waals surface area contributed by atoms with Crippen LogP contribution in [-0.2, 0) is 28.5 Å². The van der Waals surface area contributed by atoms with Crippen molar-refractivity contribution >= 4 is 11.9 Å². The Morgan fingerprint density at radius 3 is 2.70 bits per heavy atom. The fourth-order valence-electron chi connectivity index (χ4n) is 5.67. The van der Waals surface area contributed by atoms with E-state index in [9.17, 15) is 24.9 Å². The summed E-state index contributed by atoms with van der Waals surface area (Å²) >= 11 is 0. The summed E-state index contributed by atoms with van der Waals surface area (Å²) in [5.74, 6) is -1.21. The predicted molar refractivity (Wildman–Crippen MR) is 167 cm³/mol. The molecule has 44 heavy (non-hydrogen) atoms. The molecule has 3 N–H and O–H groups in total. The predicted octanol–water partition coefficient (Wildman–Crippen LogP) is 4.43. The highest BCUT2D eigenvalue weighted by Gasteiger charge is 2.49. The molecule has 0 aromatic heterocycles. The molecule has 3 aliphatic heterocycles. The number of aliphatic hydroxyl groups is 3. The number of hydrogen-bond acceptors (Lipinski definition) is 9. The van der Waals surface area contributed by atoms with E-state index in [2.05, 4.69) is 6.08 Å². The third kappa shape index (κ3) is 10.4. The lowest BCUT2D eigenvalue weighted by molar-refractivity contribution is -0.198. The van der Waals surface area contributed by atoms with Gasteiger partial charge in [0.2, 0.25) is 0 Å². The first-order valence-corrected chi connectivity index (χ1v) is 15.7. The van der Waals surface area contributed by atoms with Gasteiger partial charge in [-0.2, -0.15) is 0 Å². The second-order valence-corrected chi connectivity index (χ2v) is 12.1. The van der Waals surface area contributed by atoms with E-state index in [0.29, 0.717) is 32.1 Å². The Hall–Kier alpha value is -2.82. The molecule has 0 saturated carbocycles. The van der Waals surface area contributed by atoms with E-state index in [-0.39, 0.29) is 43.9 Å². The second-order valence-electron chi connectivity index (χ2n) is 12.1. The van der Waals surface area contributed by atoms with Gasteiger partial charge in [0.05, 0.1) is 49.1 Å². The summed E-state index contributed by atoms with van der Waals surface area (Å²) in [5.41, 5.74) is 0.162. The minimum atomic E-state index is -1.25. The van der Waals surface area contributed by atoms with Crippen molar-refractivity contribution in [3.8, 4) is 0 Å². The number of carbonyl (C=O) groups excluding carboxylic acids is 2. The molecule has 244 valence electrons. The van der Waals surface area contributed by atoms with E-state index >= 15 is 0 Å². The molecule has 0 aliphatic carbocycles. The van der Waals surface area contributed by atoms with Crippen LogP contribution in [0.25, 0.3) is 0 Å². The van der Waals surface area contributed by atoms with Gasteiger partial charge in [0, 0.05) is 31.3 Å². The molecule has 3 heterocycles. The van der Waals surface area contributed by atoms with E-state index < -0.39 is 41.8 Å². The highest BCUT2D eigenvalue weighted by Crippen LogP contribution is 2.41. The summed E-state index contributed by atoms with van der Waals surface area (Å²) < 4.78 is 23.4. The summed E-state index contributed by atoms with van der Waals surface area (Å²) in [7, 11) is 0. The van der Waals surface area contributed by atoms with Crippen molar-refractivity contribution in [3.05, 3.63) is 72.4 Å². The van der Waals surface area contributed by atoms with Crippen LogP contribution in [0.4, 0.5) is 0 Å². The summed E-state index contributed by atoms with van der Waals surface area (Å²) in [6, 6.07) is 0. The van der Waals surface area contributed by atoms with Gasteiger partial charge in [0.1, 0.15) is 6.10 Å². The van der Waals surface area contributed by atoms with E-state index in [1.165, 1.54) is 6.08 Å². The first-order valence-electron chi connectivity index (χ1n) is 15.7. The number of aliphatic hydroxyl groups excluding tert-OH is 3. The topological polar surface area (TPSA) is 132 Å². The Balaban J connectivity index is 1.80. The lowest BCUT2D eigenvalue weighted by atomic mass is 9.73. The molecule has 0 spiro atoms. The number of fused-ring (bicyclic) bond motifs is 4. The van der Waals surface area contributed by atoms with Gasteiger partial charge in [0.25, 0.3) is 0 Å². The summed E-state index contributed by atoms with van der Waals surface area (Å²) in [4.78, 5) is 24.6. The van der Waals surface area contributed by atoms with Crippen molar-refractivity contribution < 1.29 is 43.9 Å². The van der Waals surface area contributed by atoms with Gasteiger partial charge in [-0.3, -0.25) is 0 Å². The Morgan fingerprint density at radius 1 is 1.16 bits per heavy atom. The van der Waals surface area contributed by atoms with Crippen LogP contribution in [-0.4, -0.2) is 83.2 Å². The third-order valence-corrected chi connectivity index (χ3v) is 8.58. The van der Waals surface area contributed by atoms with E-state index in [0.717, 1.165) is 5.57 Å². The van der Waals surface area contributed by atoms with Gasteiger partial charge < -0.3 is 34.3 Å². The zero-order valence-electron chi connectivity index (χ0n) is 26.4. The summed E-state index contributed by atoms with van der Waals surface area (Å²) in [6.07, 6.45) is 19.4. The average molecular weight is 615 g/mol. The molecule has 2 fully saturated rings. The van der Waals surface area contributed by atoms with Crippen LogP contribution in [0, 0.1) is 11.3 Å². The average Bonchev–Trinajstić information content (AvgIpc) is 2.98. The molecule has 3 rings (SSSR count). The van der Waals surface area contributed by atoms with Crippen LogP contribution in [0.5, 0.6) is 0 Å². The number of ether oxygens (including phenoxy) is 4. The number of rotatable bonds is 7. The number of hydrogen-bond donors (Lipinski definition) is 3. The first kappa shape index (κ1) is 35.7. The molecule has 0 aromatic rings. The van der Waals surface area contributed by atoms with Crippen LogP contribution >= 0.6 is 0 Å². The SMILES string of the molecule is CCOC(=O)[C@H](O)C/C=C/C[C@@H]1O[C@@H]2/C=C\C/C=C/C(C)=C/[C@H]3O[C@@H](C/C=C/C=C/C(=O)O[C@H](C2)[C@@]1(C)CO)C[C@H](O)[C@H]3C. The number of carbonyl (C=O) groups is 2. The Kier molecular flexibility index (Phi) is 14.3.